The van der Waals surface area contributed by atoms with Crippen LogP contribution in [0.2, 0.25) is 0 Å². The molecule has 0 aromatic carbocycles. The van der Waals surface area contributed by atoms with E-state index in [1.54, 1.807) is 0 Å². The highest BCUT2D eigenvalue weighted by Crippen LogP contribution is 1.95. The van der Waals surface area contributed by atoms with E-state index in [9.17, 15) is 4.79 Å². The Morgan fingerprint density at radius 1 is 0.818 bits per heavy atom. The van der Waals surface area contributed by atoms with Crippen LogP contribution in [0.3, 0.4) is 0 Å². The van der Waals surface area contributed by atoms with Gasteiger partial charge in [-0.05, 0) is 80.6 Å². The topological polar surface area (TPSA) is 48.1 Å². The summed E-state index contributed by atoms with van der Waals surface area (Å²) in [6.45, 7) is 5.45. The molecule has 6 nitrogen and oxygen atoms in total. The number of nitrogens with zero attached hydrogens (tertiary/aromatic N) is 3. The number of unbranched alkanes of at least 4 members (excludes halogenated alkanes) is 1. The molecule has 0 atom stereocenters. The van der Waals surface area contributed by atoms with E-state index in [2.05, 4.69) is 41.2 Å². The lowest BCUT2D eigenvalue weighted by Crippen LogP contribution is -2.28. The Bertz CT molecular complexity index is 273. The minimum absolute atomic E-state index is 0.293. The number of nitrogens with one attached hydrogen (secondary N) is 1. The summed E-state index contributed by atoms with van der Waals surface area (Å²) in [5, 5.41) is 2.80. The standard InChI is InChI=1S/C16H36N4O2/c1-18(2)11-8-14-20(5)13-7-6-10-17-16(21)22-15-9-12-19(3)4/h6-15H2,1-5H3,(H,17,21). The third-order valence-corrected chi connectivity index (χ3v) is 3.36. The quantitative estimate of drug-likeness (QED) is 0.520. The summed E-state index contributed by atoms with van der Waals surface area (Å²) in [7, 11) is 10.4. The van der Waals surface area contributed by atoms with Crippen molar-refractivity contribution in [3.05, 3.63) is 0 Å². The highest BCUT2D eigenvalue weighted by atomic mass is 16.5. The van der Waals surface area contributed by atoms with Crippen molar-refractivity contribution in [2.24, 2.45) is 0 Å². The largest absolute Gasteiger partial charge is 0.450 e. The normalized spacial score (nSPS) is 11.5. The number of carbonyl (C=O) groups is 1. The lowest BCUT2D eigenvalue weighted by Gasteiger charge is -2.18. The first kappa shape index (κ1) is 21.1. The van der Waals surface area contributed by atoms with Crippen LogP contribution in [0.25, 0.3) is 0 Å². The Morgan fingerprint density at radius 3 is 2.05 bits per heavy atom. The van der Waals surface area contributed by atoms with Crippen LogP contribution in [0.4, 0.5) is 4.79 Å². The van der Waals surface area contributed by atoms with Gasteiger partial charge in [-0.2, -0.15) is 0 Å². The second-order valence-corrected chi connectivity index (χ2v) is 6.39. The third-order valence-electron chi connectivity index (χ3n) is 3.36. The number of rotatable bonds is 13. The maximum atomic E-state index is 11.4. The molecule has 0 fully saturated rings. The van der Waals surface area contributed by atoms with E-state index in [0.29, 0.717) is 13.2 Å². The molecule has 0 aliphatic rings. The van der Waals surface area contributed by atoms with Crippen LogP contribution in [-0.4, -0.2) is 95.4 Å². The number of carbonyl (C=O) groups excluding carboxylic acids is 1. The van der Waals surface area contributed by atoms with Crippen molar-refractivity contribution in [3.63, 3.8) is 0 Å². The first-order valence-electron chi connectivity index (χ1n) is 8.30. The van der Waals surface area contributed by atoms with Crippen molar-refractivity contribution in [3.8, 4) is 0 Å². The van der Waals surface area contributed by atoms with Crippen molar-refractivity contribution in [2.45, 2.75) is 25.7 Å². The molecular formula is C16H36N4O2. The van der Waals surface area contributed by atoms with Gasteiger partial charge in [-0.3, -0.25) is 0 Å². The van der Waals surface area contributed by atoms with E-state index < -0.39 is 0 Å². The molecule has 0 spiro atoms. The first-order valence-corrected chi connectivity index (χ1v) is 8.30. The lowest BCUT2D eigenvalue weighted by atomic mass is 10.3. The average Bonchev–Trinajstić information content (AvgIpc) is 2.42. The fourth-order valence-corrected chi connectivity index (χ4v) is 2.06. The predicted octanol–water partition coefficient (Wildman–Crippen LogP) is 1.33. The van der Waals surface area contributed by atoms with Gasteiger partial charge >= 0.3 is 6.09 Å². The Kier molecular flexibility index (Phi) is 13.3. The lowest BCUT2D eigenvalue weighted by molar-refractivity contribution is 0.141. The van der Waals surface area contributed by atoms with Crippen molar-refractivity contribution >= 4 is 6.09 Å². The summed E-state index contributed by atoms with van der Waals surface area (Å²) < 4.78 is 5.10. The maximum Gasteiger partial charge on any atom is 0.407 e. The number of amides is 1. The van der Waals surface area contributed by atoms with Gasteiger partial charge < -0.3 is 24.8 Å². The molecule has 0 aromatic heterocycles. The molecule has 0 saturated heterocycles. The molecule has 0 aliphatic heterocycles. The minimum Gasteiger partial charge on any atom is -0.450 e. The molecular weight excluding hydrogens is 280 g/mol. The van der Waals surface area contributed by atoms with Crippen LogP contribution in [0.5, 0.6) is 0 Å². The molecule has 0 heterocycles. The second kappa shape index (κ2) is 13.8. The van der Waals surface area contributed by atoms with E-state index >= 15 is 0 Å². The van der Waals surface area contributed by atoms with Crippen molar-refractivity contribution in [1.82, 2.24) is 20.0 Å². The number of hydrogen-bond donors (Lipinski definition) is 1. The van der Waals surface area contributed by atoms with Gasteiger partial charge in [0.05, 0.1) is 6.61 Å². The molecule has 0 bridgehead atoms. The van der Waals surface area contributed by atoms with Gasteiger partial charge in [-0.1, -0.05) is 0 Å². The fourth-order valence-electron chi connectivity index (χ4n) is 2.06. The van der Waals surface area contributed by atoms with E-state index in [4.69, 9.17) is 4.74 Å². The van der Waals surface area contributed by atoms with Crippen LogP contribution in [0.1, 0.15) is 25.7 Å². The molecule has 0 saturated carbocycles. The molecule has 0 radical (unpaired) electrons. The number of alkyl carbamates (subject to hydrolysis) is 1. The second-order valence-electron chi connectivity index (χ2n) is 6.39. The Labute approximate surface area is 136 Å². The van der Waals surface area contributed by atoms with Crippen LogP contribution in [-0.2, 0) is 4.74 Å². The van der Waals surface area contributed by atoms with Gasteiger partial charge in [0.15, 0.2) is 0 Å². The molecule has 0 aliphatic carbocycles. The van der Waals surface area contributed by atoms with Gasteiger partial charge in [0.2, 0.25) is 0 Å². The van der Waals surface area contributed by atoms with Crippen LogP contribution in [0.15, 0.2) is 0 Å². The zero-order valence-corrected chi connectivity index (χ0v) is 15.2. The van der Waals surface area contributed by atoms with Gasteiger partial charge in [0.25, 0.3) is 0 Å². The highest BCUT2D eigenvalue weighted by Gasteiger charge is 2.02. The van der Waals surface area contributed by atoms with Crippen LogP contribution >= 0.6 is 0 Å². The SMILES string of the molecule is CN(C)CCCOC(=O)NCCCCN(C)CCCN(C)C. The summed E-state index contributed by atoms with van der Waals surface area (Å²) in [4.78, 5) is 18.1. The summed E-state index contributed by atoms with van der Waals surface area (Å²) in [5.41, 5.74) is 0. The van der Waals surface area contributed by atoms with Gasteiger partial charge in [-0.25, -0.2) is 4.79 Å². The summed E-state index contributed by atoms with van der Waals surface area (Å²) in [5.74, 6) is 0. The molecule has 0 aromatic rings. The van der Waals surface area contributed by atoms with Crippen LogP contribution < -0.4 is 5.32 Å². The van der Waals surface area contributed by atoms with Crippen molar-refractivity contribution < 1.29 is 9.53 Å². The number of ether oxygens (including phenoxy) is 1. The van der Waals surface area contributed by atoms with Gasteiger partial charge in [0, 0.05) is 13.1 Å². The first-order chi connectivity index (χ1) is 10.4. The molecule has 22 heavy (non-hydrogen) atoms. The fraction of sp³-hybridized carbons (Fsp3) is 0.938. The van der Waals surface area contributed by atoms with E-state index in [1.807, 2.05) is 14.1 Å². The molecule has 132 valence electrons. The molecule has 1 amide bonds. The summed E-state index contributed by atoms with van der Waals surface area (Å²) in [6, 6.07) is 0. The molecule has 6 heteroatoms. The molecule has 0 rings (SSSR count). The summed E-state index contributed by atoms with van der Waals surface area (Å²) in [6.07, 6.45) is 3.86. The van der Waals surface area contributed by atoms with E-state index in [1.165, 1.54) is 6.42 Å². The average molecular weight is 316 g/mol. The Balaban J connectivity index is 3.35. The number of hydrogen-bond acceptors (Lipinski definition) is 5. The molecule has 1 N–H and O–H groups in total. The Hall–Kier alpha value is -0.850. The van der Waals surface area contributed by atoms with Crippen molar-refractivity contribution in [1.29, 1.82) is 0 Å². The highest BCUT2D eigenvalue weighted by molar-refractivity contribution is 5.66. The van der Waals surface area contributed by atoms with Crippen molar-refractivity contribution in [2.75, 3.05) is 74.6 Å². The zero-order valence-electron chi connectivity index (χ0n) is 15.2. The van der Waals surface area contributed by atoms with E-state index in [-0.39, 0.29) is 6.09 Å². The molecule has 0 unspecified atom stereocenters. The Morgan fingerprint density at radius 2 is 1.41 bits per heavy atom. The van der Waals surface area contributed by atoms with Gasteiger partial charge in [-0.15, -0.1) is 0 Å². The van der Waals surface area contributed by atoms with E-state index in [0.717, 1.165) is 45.4 Å². The van der Waals surface area contributed by atoms with Gasteiger partial charge in [0.1, 0.15) is 0 Å². The monoisotopic (exact) mass is 316 g/mol. The van der Waals surface area contributed by atoms with Crippen LogP contribution in [0, 0.1) is 0 Å². The zero-order chi connectivity index (χ0) is 16.8. The maximum absolute atomic E-state index is 11.4. The predicted molar refractivity (Wildman–Crippen MR) is 92.4 cm³/mol. The summed E-state index contributed by atoms with van der Waals surface area (Å²) >= 11 is 0. The smallest absolute Gasteiger partial charge is 0.407 e. The third kappa shape index (κ3) is 15.5. The minimum atomic E-state index is -0.293.